The van der Waals surface area contributed by atoms with Gasteiger partial charge in [0.05, 0.1) is 31.3 Å². The molecule has 1 heterocycles. The minimum atomic E-state index is -0.431. The number of aryl methyl sites for hydroxylation is 1. The maximum absolute atomic E-state index is 12.3. The van der Waals surface area contributed by atoms with Gasteiger partial charge in [-0.2, -0.15) is 0 Å². The van der Waals surface area contributed by atoms with Gasteiger partial charge in [0, 0.05) is 12.0 Å². The van der Waals surface area contributed by atoms with E-state index in [-0.39, 0.29) is 5.91 Å². The van der Waals surface area contributed by atoms with E-state index in [1.165, 1.54) is 0 Å². The summed E-state index contributed by atoms with van der Waals surface area (Å²) in [4.78, 5) is 17.1. The third kappa shape index (κ3) is 6.37. The van der Waals surface area contributed by atoms with Gasteiger partial charge in [-0.25, -0.2) is 4.98 Å². The lowest BCUT2D eigenvalue weighted by Gasteiger charge is -2.18. The maximum Gasteiger partial charge on any atom is 0.225 e. The summed E-state index contributed by atoms with van der Waals surface area (Å²) in [7, 11) is 1.66. The van der Waals surface area contributed by atoms with E-state index < -0.39 is 5.41 Å². The minimum Gasteiger partial charge on any atom is -0.493 e. The van der Waals surface area contributed by atoms with Crippen LogP contribution in [0.2, 0.25) is 0 Å². The molecule has 1 N–H and O–H groups in total. The Morgan fingerprint density at radius 1 is 1.15 bits per heavy atom. The van der Waals surface area contributed by atoms with Gasteiger partial charge in [-0.05, 0) is 49.1 Å². The number of methoxy groups -OCH3 is 1. The van der Waals surface area contributed by atoms with Gasteiger partial charge in [0.15, 0.2) is 11.5 Å². The molecule has 2 aromatic carbocycles. The average Bonchev–Trinajstić information content (AvgIpc) is 3.14. The Balaban J connectivity index is 1.60. The van der Waals surface area contributed by atoms with Gasteiger partial charge in [0.25, 0.3) is 0 Å². The summed E-state index contributed by atoms with van der Waals surface area (Å²) in [5, 5.41) is 3.02. The second-order valence-electron chi connectivity index (χ2n) is 9.13. The van der Waals surface area contributed by atoms with E-state index in [0.717, 1.165) is 59.7 Å². The van der Waals surface area contributed by atoms with Crippen LogP contribution in [0.3, 0.4) is 0 Å². The number of fused-ring (bicyclic) bond motifs is 1. The highest BCUT2D eigenvalue weighted by atomic mass is 16.5. The van der Waals surface area contributed by atoms with Crippen molar-refractivity contribution >= 4 is 16.9 Å². The van der Waals surface area contributed by atoms with Crippen LogP contribution in [0.25, 0.3) is 11.0 Å². The summed E-state index contributed by atoms with van der Waals surface area (Å²) in [6.07, 6.45) is 4.49. The number of para-hydroxylation sites is 2. The van der Waals surface area contributed by atoms with E-state index in [0.29, 0.717) is 13.2 Å². The minimum absolute atomic E-state index is 0.0163. The number of carbonyl (C=O) groups excluding carboxylic acids is 1. The predicted octanol–water partition coefficient (Wildman–Crippen LogP) is 5.29. The quantitative estimate of drug-likeness (QED) is 0.319. The Kier molecular flexibility index (Phi) is 8.15. The van der Waals surface area contributed by atoms with E-state index >= 15 is 0 Å². The van der Waals surface area contributed by atoms with Gasteiger partial charge in [0.2, 0.25) is 5.91 Å². The topological polar surface area (TPSA) is 65.4 Å². The molecule has 0 spiro atoms. The zero-order valence-corrected chi connectivity index (χ0v) is 20.2. The molecule has 6 nitrogen and oxygen atoms in total. The summed E-state index contributed by atoms with van der Waals surface area (Å²) in [6, 6.07) is 14.1. The Morgan fingerprint density at radius 2 is 1.94 bits per heavy atom. The van der Waals surface area contributed by atoms with Crippen molar-refractivity contribution < 1.29 is 14.3 Å². The molecule has 0 bridgehead atoms. The number of unbranched alkanes of at least 4 members (excludes halogenated alkanes) is 1. The highest BCUT2D eigenvalue weighted by molar-refractivity contribution is 5.81. The van der Waals surface area contributed by atoms with Crippen LogP contribution in [0.1, 0.15) is 45.0 Å². The van der Waals surface area contributed by atoms with E-state index in [4.69, 9.17) is 14.5 Å². The summed E-state index contributed by atoms with van der Waals surface area (Å²) in [5.41, 5.74) is 2.74. The van der Waals surface area contributed by atoms with Crippen molar-refractivity contribution in [2.45, 2.75) is 53.1 Å². The number of ether oxygens (including phenoxy) is 2. The molecule has 0 radical (unpaired) electrons. The van der Waals surface area contributed by atoms with Crippen LogP contribution in [0.15, 0.2) is 55.1 Å². The molecule has 0 saturated carbocycles. The fraction of sp³-hybridized carbons (Fsp3) is 0.407. The van der Waals surface area contributed by atoms with Gasteiger partial charge >= 0.3 is 0 Å². The van der Waals surface area contributed by atoms with Crippen LogP contribution < -0.4 is 14.8 Å². The highest BCUT2D eigenvalue weighted by Gasteiger charge is 2.21. The Morgan fingerprint density at radius 3 is 2.67 bits per heavy atom. The number of aromatic nitrogens is 2. The van der Waals surface area contributed by atoms with Crippen molar-refractivity contribution in [3.63, 3.8) is 0 Å². The maximum atomic E-state index is 12.3. The number of benzene rings is 2. The lowest BCUT2D eigenvalue weighted by molar-refractivity contribution is -0.128. The molecule has 0 atom stereocenters. The number of amides is 1. The molecule has 33 heavy (non-hydrogen) atoms. The zero-order valence-electron chi connectivity index (χ0n) is 20.2. The Bertz CT molecular complexity index is 1100. The number of nitrogens with one attached hydrogen (secondary N) is 1. The van der Waals surface area contributed by atoms with Crippen molar-refractivity contribution in [2.24, 2.45) is 5.41 Å². The van der Waals surface area contributed by atoms with Gasteiger partial charge in [0.1, 0.15) is 5.82 Å². The van der Waals surface area contributed by atoms with E-state index in [1.807, 2.05) is 63.2 Å². The normalized spacial score (nSPS) is 11.4. The first-order valence-corrected chi connectivity index (χ1v) is 11.5. The lowest BCUT2D eigenvalue weighted by Crippen LogP contribution is -2.35. The van der Waals surface area contributed by atoms with Crippen LogP contribution >= 0.6 is 0 Å². The third-order valence-corrected chi connectivity index (χ3v) is 5.46. The largest absolute Gasteiger partial charge is 0.493 e. The monoisotopic (exact) mass is 449 g/mol. The second kappa shape index (κ2) is 11.0. The molecular weight excluding hydrogens is 414 g/mol. The number of imidazole rings is 1. The molecule has 0 aliphatic rings. The number of nitrogens with zero attached hydrogens (tertiary/aromatic N) is 2. The fourth-order valence-corrected chi connectivity index (χ4v) is 3.61. The number of rotatable bonds is 11. The van der Waals surface area contributed by atoms with Gasteiger partial charge in [-0.3, -0.25) is 4.79 Å². The van der Waals surface area contributed by atoms with E-state index in [1.54, 1.807) is 7.11 Å². The molecule has 176 valence electrons. The van der Waals surface area contributed by atoms with Crippen molar-refractivity contribution in [2.75, 3.05) is 13.7 Å². The summed E-state index contributed by atoms with van der Waals surface area (Å²) in [5.74, 6) is 2.38. The van der Waals surface area contributed by atoms with Crippen molar-refractivity contribution in [1.29, 1.82) is 0 Å². The molecule has 0 aliphatic heterocycles. The number of carbonyl (C=O) groups is 1. The molecule has 0 saturated heterocycles. The summed E-state index contributed by atoms with van der Waals surface area (Å²) < 4.78 is 13.7. The molecule has 3 rings (SSSR count). The highest BCUT2D eigenvalue weighted by Crippen LogP contribution is 2.28. The van der Waals surface area contributed by atoms with E-state index in [9.17, 15) is 4.79 Å². The van der Waals surface area contributed by atoms with Crippen molar-refractivity contribution in [3.8, 4) is 11.5 Å². The first kappa shape index (κ1) is 24.4. The lowest BCUT2D eigenvalue weighted by atomic mass is 9.96. The predicted molar refractivity (Wildman–Crippen MR) is 133 cm³/mol. The van der Waals surface area contributed by atoms with Crippen LogP contribution in [-0.4, -0.2) is 29.2 Å². The molecule has 0 unspecified atom stereocenters. The third-order valence-electron chi connectivity index (χ3n) is 5.46. The van der Waals surface area contributed by atoms with Crippen LogP contribution in [0.5, 0.6) is 11.5 Å². The SMILES string of the molecule is C=CCc1ccc(OCCCCn2c(CNC(=O)C(C)(C)C)nc3ccccc32)c(OC)c1. The fourth-order valence-electron chi connectivity index (χ4n) is 3.61. The van der Waals surface area contributed by atoms with Crippen LogP contribution in [0.4, 0.5) is 0 Å². The number of hydrogen-bond acceptors (Lipinski definition) is 4. The zero-order chi connectivity index (χ0) is 23.8. The Hall–Kier alpha value is -3.28. The average molecular weight is 450 g/mol. The van der Waals surface area contributed by atoms with Gasteiger partial charge < -0.3 is 19.4 Å². The molecule has 3 aromatic rings. The summed E-state index contributed by atoms with van der Waals surface area (Å²) >= 11 is 0. The van der Waals surface area contributed by atoms with Crippen LogP contribution in [-0.2, 0) is 24.3 Å². The molecule has 1 aromatic heterocycles. The first-order chi connectivity index (χ1) is 15.8. The summed E-state index contributed by atoms with van der Waals surface area (Å²) in [6.45, 7) is 11.3. The van der Waals surface area contributed by atoms with E-state index in [2.05, 4.69) is 22.5 Å². The van der Waals surface area contributed by atoms with Gasteiger partial charge in [-0.15, -0.1) is 6.58 Å². The standard InChI is InChI=1S/C27H35N3O3/c1-6-11-20-14-15-23(24(18-20)32-5)33-17-10-9-16-30-22-13-8-7-12-21(22)29-25(30)19-28-26(31)27(2,3)4/h6-8,12-15,18H,1,9-11,16-17,19H2,2-5H3,(H,28,31). The number of hydrogen-bond donors (Lipinski definition) is 1. The van der Waals surface area contributed by atoms with Gasteiger partial charge in [-0.1, -0.05) is 45.0 Å². The molecule has 6 heteroatoms. The number of allylic oxidation sites excluding steroid dienone is 1. The van der Waals surface area contributed by atoms with Crippen molar-refractivity contribution in [1.82, 2.24) is 14.9 Å². The Labute approximate surface area is 196 Å². The molecule has 1 amide bonds. The molecule has 0 fully saturated rings. The first-order valence-electron chi connectivity index (χ1n) is 11.5. The van der Waals surface area contributed by atoms with Crippen molar-refractivity contribution in [3.05, 3.63) is 66.5 Å². The van der Waals surface area contributed by atoms with Crippen LogP contribution in [0, 0.1) is 5.41 Å². The molecule has 0 aliphatic carbocycles. The molecular formula is C27H35N3O3. The smallest absolute Gasteiger partial charge is 0.225 e. The second-order valence-corrected chi connectivity index (χ2v) is 9.13.